The zero-order valence-electron chi connectivity index (χ0n) is 17.1. The Labute approximate surface area is 189 Å². The maximum Gasteiger partial charge on any atom is 0.191 e. The van der Waals surface area contributed by atoms with E-state index in [1.165, 1.54) is 11.3 Å². The molecule has 1 aromatic heterocycles. The van der Waals surface area contributed by atoms with Crippen LogP contribution in [0.1, 0.15) is 30.6 Å². The van der Waals surface area contributed by atoms with Gasteiger partial charge in [-0.05, 0) is 24.1 Å². The SMILES string of the molecule is CCc1nc2n(n1)CC(NC(=NC)NCc1ccc(N3CC=CC3)cc1)CC2.I. The largest absolute Gasteiger partial charge is 0.364 e. The second-order valence-corrected chi connectivity index (χ2v) is 7.33. The highest BCUT2D eigenvalue weighted by atomic mass is 127. The smallest absolute Gasteiger partial charge is 0.191 e. The first kappa shape index (κ1) is 21.6. The van der Waals surface area contributed by atoms with Crippen molar-refractivity contribution in [2.24, 2.45) is 4.99 Å². The normalized spacial score (nSPS) is 18.3. The minimum absolute atomic E-state index is 0. The molecule has 0 aliphatic carbocycles. The van der Waals surface area contributed by atoms with E-state index in [-0.39, 0.29) is 24.0 Å². The van der Waals surface area contributed by atoms with Gasteiger partial charge in [-0.2, -0.15) is 5.10 Å². The first-order chi connectivity index (χ1) is 13.7. The van der Waals surface area contributed by atoms with Gasteiger partial charge in [0.25, 0.3) is 0 Å². The summed E-state index contributed by atoms with van der Waals surface area (Å²) in [7, 11) is 1.82. The Balaban J connectivity index is 0.00000240. The average molecular weight is 507 g/mol. The summed E-state index contributed by atoms with van der Waals surface area (Å²) >= 11 is 0. The molecule has 4 rings (SSSR count). The van der Waals surface area contributed by atoms with Crippen LogP contribution < -0.4 is 15.5 Å². The first-order valence-corrected chi connectivity index (χ1v) is 10.1. The van der Waals surface area contributed by atoms with Gasteiger partial charge in [0.15, 0.2) is 11.8 Å². The van der Waals surface area contributed by atoms with Crippen molar-refractivity contribution >= 4 is 35.6 Å². The lowest BCUT2D eigenvalue weighted by Gasteiger charge is -2.25. The number of guanidine groups is 1. The van der Waals surface area contributed by atoms with Gasteiger partial charge in [-0.3, -0.25) is 4.99 Å². The molecule has 29 heavy (non-hydrogen) atoms. The third kappa shape index (κ3) is 5.29. The van der Waals surface area contributed by atoms with Gasteiger partial charge in [0.1, 0.15) is 5.82 Å². The fraction of sp³-hybridized carbons (Fsp3) is 0.476. The number of aryl methyl sites for hydroxylation is 2. The third-order valence-electron chi connectivity index (χ3n) is 5.36. The van der Waals surface area contributed by atoms with Crippen LogP contribution in [0, 0.1) is 0 Å². The molecule has 0 fully saturated rings. The Bertz CT molecular complexity index is 848. The molecule has 1 atom stereocenters. The van der Waals surface area contributed by atoms with E-state index in [0.717, 1.165) is 63.0 Å². The van der Waals surface area contributed by atoms with Crippen molar-refractivity contribution in [2.45, 2.75) is 45.3 Å². The van der Waals surface area contributed by atoms with E-state index in [9.17, 15) is 0 Å². The summed E-state index contributed by atoms with van der Waals surface area (Å²) in [4.78, 5) is 11.3. The number of rotatable bonds is 5. The summed E-state index contributed by atoms with van der Waals surface area (Å²) in [6.07, 6.45) is 7.30. The summed E-state index contributed by atoms with van der Waals surface area (Å²) in [6.45, 7) is 5.68. The first-order valence-electron chi connectivity index (χ1n) is 10.1. The van der Waals surface area contributed by atoms with E-state index < -0.39 is 0 Å². The number of benzene rings is 1. The molecule has 2 aliphatic rings. The minimum atomic E-state index is 0. The summed E-state index contributed by atoms with van der Waals surface area (Å²) in [5.74, 6) is 2.87. The van der Waals surface area contributed by atoms with E-state index in [4.69, 9.17) is 0 Å². The molecule has 0 saturated heterocycles. The molecule has 2 aromatic rings. The van der Waals surface area contributed by atoms with E-state index in [2.05, 4.69) is 73.9 Å². The summed E-state index contributed by atoms with van der Waals surface area (Å²) < 4.78 is 2.04. The van der Waals surface area contributed by atoms with E-state index in [1.807, 2.05) is 11.7 Å². The summed E-state index contributed by atoms with van der Waals surface area (Å²) in [5.41, 5.74) is 2.52. The minimum Gasteiger partial charge on any atom is -0.364 e. The highest BCUT2D eigenvalue weighted by Crippen LogP contribution is 2.17. The van der Waals surface area contributed by atoms with Crippen LogP contribution in [0.25, 0.3) is 0 Å². The molecule has 3 heterocycles. The standard InChI is InChI=1S/C21H29N7.HI/c1-3-19-25-20-11-8-17(15-28(20)26-19)24-21(22-2)23-14-16-6-9-18(10-7-16)27-12-4-5-13-27;/h4-7,9-10,17H,3,8,11-15H2,1-2H3,(H2,22,23,24);1H. The van der Waals surface area contributed by atoms with Crippen LogP contribution in [0.15, 0.2) is 41.4 Å². The number of nitrogens with zero attached hydrogens (tertiary/aromatic N) is 5. The molecule has 8 heteroatoms. The number of anilines is 1. The van der Waals surface area contributed by atoms with Crippen LogP contribution in [-0.4, -0.2) is 46.9 Å². The molecule has 2 N–H and O–H groups in total. The fourth-order valence-corrected chi connectivity index (χ4v) is 3.72. The van der Waals surface area contributed by atoms with Crippen molar-refractivity contribution < 1.29 is 0 Å². The van der Waals surface area contributed by atoms with Crippen molar-refractivity contribution in [3.63, 3.8) is 0 Å². The molecule has 1 unspecified atom stereocenters. The molecule has 0 spiro atoms. The van der Waals surface area contributed by atoms with Crippen molar-refractivity contribution in [2.75, 3.05) is 25.0 Å². The van der Waals surface area contributed by atoms with Gasteiger partial charge in [-0.25, -0.2) is 9.67 Å². The van der Waals surface area contributed by atoms with Gasteiger partial charge in [0.05, 0.1) is 6.54 Å². The number of aliphatic imine (C=N–C) groups is 1. The number of aromatic nitrogens is 3. The van der Waals surface area contributed by atoms with Gasteiger partial charge in [0.2, 0.25) is 0 Å². The van der Waals surface area contributed by atoms with Gasteiger partial charge in [0, 0.05) is 51.3 Å². The van der Waals surface area contributed by atoms with Crippen LogP contribution in [0.3, 0.4) is 0 Å². The molecule has 0 amide bonds. The second-order valence-electron chi connectivity index (χ2n) is 7.33. The van der Waals surface area contributed by atoms with E-state index in [1.54, 1.807) is 0 Å². The van der Waals surface area contributed by atoms with Crippen molar-refractivity contribution in [3.05, 3.63) is 53.6 Å². The molecule has 0 bridgehead atoms. The molecule has 2 aliphatic heterocycles. The fourth-order valence-electron chi connectivity index (χ4n) is 3.72. The lowest BCUT2D eigenvalue weighted by Crippen LogP contribution is -2.46. The summed E-state index contributed by atoms with van der Waals surface area (Å²) in [6, 6.07) is 9.07. The molecular weight excluding hydrogens is 477 g/mol. The Hall–Kier alpha value is -2.10. The highest BCUT2D eigenvalue weighted by Gasteiger charge is 2.22. The van der Waals surface area contributed by atoms with Crippen LogP contribution >= 0.6 is 24.0 Å². The molecular formula is C21H30IN7. The van der Waals surface area contributed by atoms with Gasteiger partial charge >= 0.3 is 0 Å². The Morgan fingerprint density at radius 3 is 2.66 bits per heavy atom. The van der Waals surface area contributed by atoms with Crippen LogP contribution in [0.2, 0.25) is 0 Å². The molecule has 7 nitrogen and oxygen atoms in total. The van der Waals surface area contributed by atoms with Gasteiger partial charge < -0.3 is 15.5 Å². The molecule has 0 radical (unpaired) electrons. The number of hydrogen-bond acceptors (Lipinski definition) is 4. The van der Waals surface area contributed by atoms with Gasteiger partial charge in [-0.15, -0.1) is 24.0 Å². The third-order valence-corrected chi connectivity index (χ3v) is 5.36. The van der Waals surface area contributed by atoms with Gasteiger partial charge in [-0.1, -0.05) is 31.2 Å². The molecule has 0 saturated carbocycles. The molecule has 156 valence electrons. The topological polar surface area (TPSA) is 70.4 Å². The second kappa shape index (κ2) is 10.1. The lowest BCUT2D eigenvalue weighted by molar-refractivity contribution is 0.392. The number of fused-ring (bicyclic) bond motifs is 1. The lowest BCUT2D eigenvalue weighted by atomic mass is 10.1. The number of halogens is 1. The van der Waals surface area contributed by atoms with Crippen molar-refractivity contribution in [3.8, 4) is 0 Å². The zero-order chi connectivity index (χ0) is 19.3. The predicted octanol–water partition coefficient (Wildman–Crippen LogP) is 2.51. The van der Waals surface area contributed by atoms with E-state index in [0.29, 0.717) is 6.04 Å². The Morgan fingerprint density at radius 1 is 1.21 bits per heavy atom. The maximum absolute atomic E-state index is 4.59. The maximum atomic E-state index is 4.59. The summed E-state index contributed by atoms with van der Waals surface area (Å²) in [5, 5.41) is 11.5. The number of hydrogen-bond donors (Lipinski definition) is 2. The van der Waals surface area contributed by atoms with Crippen molar-refractivity contribution in [1.82, 2.24) is 25.4 Å². The molecule has 1 aromatic carbocycles. The van der Waals surface area contributed by atoms with Crippen LogP contribution in [0.4, 0.5) is 5.69 Å². The van der Waals surface area contributed by atoms with Crippen LogP contribution in [0.5, 0.6) is 0 Å². The van der Waals surface area contributed by atoms with Crippen molar-refractivity contribution in [1.29, 1.82) is 0 Å². The monoisotopic (exact) mass is 507 g/mol. The highest BCUT2D eigenvalue weighted by molar-refractivity contribution is 14.0. The Kier molecular flexibility index (Phi) is 7.51. The number of nitrogens with one attached hydrogen (secondary N) is 2. The van der Waals surface area contributed by atoms with Crippen LogP contribution in [-0.2, 0) is 25.9 Å². The zero-order valence-corrected chi connectivity index (χ0v) is 19.5. The van der Waals surface area contributed by atoms with E-state index >= 15 is 0 Å². The average Bonchev–Trinajstić information content (AvgIpc) is 3.40. The Morgan fingerprint density at radius 2 is 1.97 bits per heavy atom. The quantitative estimate of drug-likeness (QED) is 0.282. The predicted molar refractivity (Wildman–Crippen MR) is 128 cm³/mol.